The van der Waals surface area contributed by atoms with E-state index in [1.165, 1.54) is 10.4 Å². The van der Waals surface area contributed by atoms with Gasteiger partial charge in [0.05, 0.1) is 45.0 Å². The van der Waals surface area contributed by atoms with Crippen LogP contribution >= 0.6 is 22.7 Å². The molecule has 9 heteroatoms. The molecule has 0 saturated carbocycles. The van der Waals surface area contributed by atoms with Gasteiger partial charge in [-0.2, -0.15) is 0 Å². The standard InChI is InChI=1S/C19H24N4O3S2/c24-6-10-25-7-3-20-18-17-14(15-2-1-11-27-15)13-28-19(17)22-16(21-18)12-23-4-8-26-9-5-23/h1-2,11,13,24H,3-10,12H2,(H,20,21,22). The zero-order valence-electron chi connectivity index (χ0n) is 15.6. The van der Waals surface area contributed by atoms with Gasteiger partial charge in [0.25, 0.3) is 0 Å². The molecule has 7 nitrogen and oxygen atoms in total. The molecule has 0 amide bonds. The van der Waals surface area contributed by atoms with E-state index in [0.717, 1.165) is 54.7 Å². The molecule has 0 aliphatic carbocycles. The van der Waals surface area contributed by atoms with Crippen molar-refractivity contribution < 1.29 is 14.6 Å². The summed E-state index contributed by atoms with van der Waals surface area (Å²) in [5, 5.41) is 17.6. The minimum Gasteiger partial charge on any atom is -0.394 e. The molecular formula is C19H24N4O3S2. The Morgan fingerprint density at radius 3 is 2.89 bits per heavy atom. The maximum Gasteiger partial charge on any atom is 0.146 e. The van der Waals surface area contributed by atoms with Crippen molar-refractivity contribution in [3.05, 3.63) is 28.7 Å². The maximum absolute atomic E-state index is 8.85. The molecule has 1 saturated heterocycles. The van der Waals surface area contributed by atoms with Crippen LogP contribution < -0.4 is 5.32 Å². The number of ether oxygens (including phenoxy) is 2. The van der Waals surface area contributed by atoms with Gasteiger partial charge < -0.3 is 19.9 Å². The fourth-order valence-electron chi connectivity index (χ4n) is 3.17. The Bertz CT molecular complexity index is 879. The lowest BCUT2D eigenvalue weighted by Gasteiger charge is -2.25. The van der Waals surface area contributed by atoms with E-state index in [0.29, 0.717) is 19.8 Å². The minimum atomic E-state index is 0.0362. The summed E-state index contributed by atoms with van der Waals surface area (Å²) >= 11 is 3.38. The van der Waals surface area contributed by atoms with Crippen LogP contribution in [0, 0.1) is 0 Å². The van der Waals surface area contributed by atoms with E-state index in [9.17, 15) is 0 Å². The van der Waals surface area contributed by atoms with E-state index in [1.807, 2.05) is 0 Å². The summed E-state index contributed by atoms with van der Waals surface area (Å²) < 4.78 is 10.8. The largest absolute Gasteiger partial charge is 0.394 e. The SMILES string of the molecule is OCCOCCNc1nc(CN2CCOCC2)nc2scc(-c3cccs3)c12. The Labute approximate surface area is 171 Å². The highest BCUT2D eigenvalue weighted by Gasteiger charge is 2.18. The lowest BCUT2D eigenvalue weighted by atomic mass is 10.2. The highest BCUT2D eigenvalue weighted by molar-refractivity contribution is 7.18. The lowest BCUT2D eigenvalue weighted by molar-refractivity contribution is 0.0331. The summed E-state index contributed by atoms with van der Waals surface area (Å²) in [5.74, 6) is 1.68. The van der Waals surface area contributed by atoms with Gasteiger partial charge in [-0.1, -0.05) is 6.07 Å². The summed E-state index contributed by atoms with van der Waals surface area (Å²) in [7, 11) is 0. The molecule has 0 spiro atoms. The van der Waals surface area contributed by atoms with Crippen LogP contribution in [0.4, 0.5) is 5.82 Å². The number of anilines is 1. The van der Waals surface area contributed by atoms with Crippen LogP contribution in [0.5, 0.6) is 0 Å². The van der Waals surface area contributed by atoms with Crippen LogP contribution in [0.25, 0.3) is 20.7 Å². The van der Waals surface area contributed by atoms with Crippen molar-refractivity contribution in [1.82, 2.24) is 14.9 Å². The third-order valence-electron chi connectivity index (χ3n) is 4.51. The van der Waals surface area contributed by atoms with Crippen molar-refractivity contribution in [2.45, 2.75) is 6.54 Å². The van der Waals surface area contributed by atoms with E-state index < -0.39 is 0 Å². The Hall–Kier alpha value is -1.62. The Kier molecular flexibility index (Phi) is 6.84. The second-order valence-corrected chi connectivity index (χ2v) is 8.25. The molecule has 3 aromatic rings. The van der Waals surface area contributed by atoms with Gasteiger partial charge in [-0.3, -0.25) is 4.90 Å². The van der Waals surface area contributed by atoms with Crippen molar-refractivity contribution >= 4 is 38.7 Å². The van der Waals surface area contributed by atoms with Crippen LogP contribution in [0.2, 0.25) is 0 Å². The van der Waals surface area contributed by atoms with E-state index >= 15 is 0 Å². The number of hydrogen-bond donors (Lipinski definition) is 2. The lowest BCUT2D eigenvalue weighted by Crippen LogP contribution is -2.36. The molecule has 2 N–H and O–H groups in total. The van der Waals surface area contributed by atoms with Crippen LogP contribution in [-0.2, 0) is 16.0 Å². The highest BCUT2D eigenvalue weighted by atomic mass is 32.1. The number of morpholine rings is 1. The van der Waals surface area contributed by atoms with E-state index in [4.69, 9.17) is 24.5 Å². The number of aromatic nitrogens is 2. The zero-order chi connectivity index (χ0) is 19.2. The molecule has 0 bridgehead atoms. The van der Waals surface area contributed by atoms with Crippen molar-refractivity contribution in [2.24, 2.45) is 0 Å². The molecule has 4 rings (SSSR count). The summed E-state index contributed by atoms with van der Waals surface area (Å²) in [6.45, 7) is 5.59. The van der Waals surface area contributed by atoms with Gasteiger partial charge in [0.15, 0.2) is 0 Å². The molecule has 1 aliphatic rings. The normalized spacial score (nSPS) is 15.3. The smallest absolute Gasteiger partial charge is 0.146 e. The van der Waals surface area contributed by atoms with Crippen molar-refractivity contribution in [3.63, 3.8) is 0 Å². The number of aliphatic hydroxyl groups is 1. The molecule has 4 heterocycles. The molecule has 150 valence electrons. The Morgan fingerprint density at radius 1 is 1.21 bits per heavy atom. The topological polar surface area (TPSA) is 79.7 Å². The molecule has 3 aromatic heterocycles. The molecule has 0 unspecified atom stereocenters. The summed E-state index contributed by atoms with van der Waals surface area (Å²) in [5.41, 5.74) is 1.17. The molecule has 1 aliphatic heterocycles. The van der Waals surface area contributed by atoms with Gasteiger partial charge in [-0.25, -0.2) is 9.97 Å². The molecule has 0 atom stereocenters. The van der Waals surface area contributed by atoms with Gasteiger partial charge >= 0.3 is 0 Å². The molecule has 28 heavy (non-hydrogen) atoms. The number of nitrogens with one attached hydrogen (secondary N) is 1. The second-order valence-electron chi connectivity index (χ2n) is 6.45. The molecule has 0 aromatic carbocycles. The maximum atomic E-state index is 8.85. The summed E-state index contributed by atoms with van der Waals surface area (Å²) in [6, 6.07) is 4.19. The third kappa shape index (κ3) is 4.68. The van der Waals surface area contributed by atoms with Gasteiger partial charge in [0, 0.05) is 35.5 Å². The highest BCUT2D eigenvalue weighted by Crippen LogP contribution is 2.38. The summed E-state index contributed by atoms with van der Waals surface area (Å²) in [4.78, 5) is 14.2. The van der Waals surface area contributed by atoms with E-state index in [2.05, 4.69) is 33.1 Å². The Morgan fingerprint density at radius 2 is 2.11 bits per heavy atom. The molecule has 0 radical (unpaired) electrons. The second kappa shape index (κ2) is 9.73. The van der Waals surface area contributed by atoms with Crippen molar-refractivity contribution in [2.75, 3.05) is 58.0 Å². The van der Waals surface area contributed by atoms with E-state index in [1.54, 1.807) is 22.7 Å². The number of fused-ring (bicyclic) bond motifs is 1. The van der Waals surface area contributed by atoms with Crippen LogP contribution in [-0.4, -0.2) is 72.6 Å². The number of thiophene rings is 2. The molecule has 1 fully saturated rings. The van der Waals surface area contributed by atoms with Crippen molar-refractivity contribution in [3.8, 4) is 10.4 Å². The number of hydrogen-bond acceptors (Lipinski definition) is 9. The first-order chi connectivity index (χ1) is 13.8. The third-order valence-corrected chi connectivity index (χ3v) is 6.29. The summed E-state index contributed by atoms with van der Waals surface area (Å²) in [6.07, 6.45) is 0. The average molecular weight is 421 g/mol. The first kappa shape index (κ1) is 19.7. The van der Waals surface area contributed by atoms with Crippen LogP contribution in [0.1, 0.15) is 5.82 Å². The fourth-order valence-corrected chi connectivity index (χ4v) is 4.95. The predicted molar refractivity (Wildman–Crippen MR) is 113 cm³/mol. The average Bonchev–Trinajstić information content (AvgIpc) is 3.38. The number of nitrogens with zero attached hydrogens (tertiary/aromatic N) is 3. The first-order valence-corrected chi connectivity index (χ1v) is 11.2. The quantitative estimate of drug-likeness (QED) is 0.515. The van der Waals surface area contributed by atoms with Gasteiger partial charge in [0.1, 0.15) is 16.5 Å². The minimum absolute atomic E-state index is 0.0362. The first-order valence-electron chi connectivity index (χ1n) is 9.39. The number of rotatable bonds is 9. The van der Waals surface area contributed by atoms with Crippen molar-refractivity contribution in [1.29, 1.82) is 0 Å². The van der Waals surface area contributed by atoms with E-state index in [-0.39, 0.29) is 6.61 Å². The Balaban J connectivity index is 1.61. The predicted octanol–water partition coefficient (Wildman–Crippen LogP) is 2.67. The van der Waals surface area contributed by atoms with Crippen LogP contribution in [0.3, 0.4) is 0 Å². The zero-order valence-corrected chi connectivity index (χ0v) is 17.2. The van der Waals surface area contributed by atoms with Crippen LogP contribution in [0.15, 0.2) is 22.9 Å². The van der Waals surface area contributed by atoms with Gasteiger partial charge in [-0.15, -0.1) is 22.7 Å². The molecular weight excluding hydrogens is 396 g/mol. The fraction of sp³-hybridized carbons (Fsp3) is 0.474. The number of aliphatic hydroxyl groups excluding tert-OH is 1. The van der Waals surface area contributed by atoms with Gasteiger partial charge in [-0.05, 0) is 11.4 Å². The monoisotopic (exact) mass is 420 g/mol. The van der Waals surface area contributed by atoms with Gasteiger partial charge in [0.2, 0.25) is 0 Å².